The first-order valence-corrected chi connectivity index (χ1v) is 5.88. The SMILES string of the molecule is O=C(CCl)N[C@@H]1CCCc2cc(F)ccc21. The largest absolute Gasteiger partial charge is 0.348 e. The normalized spacial score (nSPS) is 19.0. The molecule has 0 fully saturated rings. The molecule has 1 atom stereocenters. The lowest BCUT2D eigenvalue weighted by atomic mass is 9.87. The van der Waals surface area contributed by atoms with Crippen LogP contribution in [0, 0.1) is 5.82 Å². The minimum Gasteiger partial charge on any atom is -0.348 e. The average Bonchev–Trinajstić information content (AvgIpc) is 2.28. The van der Waals surface area contributed by atoms with Crippen LogP contribution in [0.15, 0.2) is 18.2 Å². The van der Waals surface area contributed by atoms with Crippen molar-refractivity contribution in [2.75, 3.05) is 5.88 Å². The van der Waals surface area contributed by atoms with Crippen LogP contribution in [-0.4, -0.2) is 11.8 Å². The first-order valence-electron chi connectivity index (χ1n) is 5.34. The molecule has 2 rings (SSSR count). The molecule has 0 unspecified atom stereocenters. The number of carbonyl (C=O) groups excluding carboxylic acids is 1. The Morgan fingerprint density at radius 2 is 2.38 bits per heavy atom. The molecule has 4 heteroatoms. The Labute approximate surface area is 98.8 Å². The molecular formula is C12H13ClFNO. The summed E-state index contributed by atoms with van der Waals surface area (Å²) in [5.41, 5.74) is 2.01. The van der Waals surface area contributed by atoms with Crippen LogP contribution in [0.5, 0.6) is 0 Å². The van der Waals surface area contributed by atoms with Gasteiger partial charge >= 0.3 is 0 Å². The average molecular weight is 242 g/mol. The molecule has 0 saturated heterocycles. The standard InChI is InChI=1S/C12H13ClFNO/c13-7-12(16)15-11-3-1-2-8-6-9(14)4-5-10(8)11/h4-6,11H,1-3,7H2,(H,15,16)/t11-/m1/s1. The summed E-state index contributed by atoms with van der Waals surface area (Å²) < 4.78 is 13.0. The summed E-state index contributed by atoms with van der Waals surface area (Å²) in [5.74, 6) is -0.431. The Morgan fingerprint density at radius 3 is 3.12 bits per heavy atom. The summed E-state index contributed by atoms with van der Waals surface area (Å²) in [6.07, 6.45) is 2.73. The van der Waals surface area contributed by atoms with E-state index in [1.54, 1.807) is 12.1 Å². The highest BCUT2D eigenvalue weighted by Crippen LogP contribution is 2.30. The van der Waals surface area contributed by atoms with Crippen molar-refractivity contribution in [1.29, 1.82) is 0 Å². The molecule has 16 heavy (non-hydrogen) atoms. The van der Waals surface area contributed by atoms with Crippen molar-refractivity contribution in [2.24, 2.45) is 0 Å². The Balaban J connectivity index is 2.23. The molecule has 0 aliphatic heterocycles. The second-order valence-corrected chi connectivity index (χ2v) is 4.26. The first kappa shape index (κ1) is 11.4. The van der Waals surface area contributed by atoms with E-state index in [9.17, 15) is 9.18 Å². The van der Waals surface area contributed by atoms with Gasteiger partial charge in [0.05, 0.1) is 6.04 Å². The van der Waals surface area contributed by atoms with Crippen LogP contribution in [0.4, 0.5) is 4.39 Å². The second-order valence-electron chi connectivity index (χ2n) is 3.99. The molecule has 1 amide bonds. The summed E-state index contributed by atoms with van der Waals surface area (Å²) in [6.45, 7) is 0. The fourth-order valence-corrected chi connectivity index (χ4v) is 2.24. The van der Waals surface area contributed by atoms with Gasteiger partial charge in [-0.05, 0) is 42.5 Å². The maximum absolute atomic E-state index is 13.0. The maximum Gasteiger partial charge on any atom is 0.235 e. The van der Waals surface area contributed by atoms with E-state index in [2.05, 4.69) is 5.32 Å². The van der Waals surface area contributed by atoms with Crippen molar-refractivity contribution in [2.45, 2.75) is 25.3 Å². The molecule has 0 saturated carbocycles. The van der Waals surface area contributed by atoms with Gasteiger partial charge in [0.25, 0.3) is 0 Å². The predicted octanol–water partition coefficient (Wildman–Crippen LogP) is 2.56. The van der Waals surface area contributed by atoms with Crippen LogP contribution in [0.2, 0.25) is 0 Å². The van der Waals surface area contributed by atoms with Crippen molar-refractivity contribution < 1.29 is 9.18 Å². The van der Waals surface area contributed by atoms with Gasteiger partial charge in [-0.25, -0.2) is 4.39 Å². The lowest BCUT2D eigenvalue weighted by Gasteiger charge is -2.26. The Bertz CT molecular complexity index is 408. The summed E-state index contributed by atoms with van der Waals surface area (Å²) in [7, 11) is 0. The lowest BCUT2D eigenvalue weighted by molar-refractivity contribution is -0.119. The molecule has 1 aromatic rings. The third kappa shape index (κ3) is 2.35. The number of halogens is 2. The highest BCUT2D eigenvalue weighted by atomic mass is 35.5. The van der Waals surface area contributed by atoms with Gasteiger partial charge in [0.1, 0.15) is 11.7 Å². The molecule has 0 heterocycles. The van der Waals surface area contributed by atoms with Crippen molar-refractivity contribution in [3.05, 3.63) is 35.1 Å². The number of fused-ring (bicyclic) bond motifs is 1. The number of aryl methyl sites for hydroxylation is 1. The highest BCUT2D eigenvalue weighted by molar-refractivity contribution is 6.27. The summed E-state index contributed by atoms with van der Waals surface area (Å²) in [5, 5.41) is 2.85. The number of hydrogen-bond donors (Lipinski definition) is 1. The summed E-state index contributed by atoms with van der Waals surface area (Å²) >= 11 is 5.45. The zero-order valence-corrected chi connectivity index (χ0v) is 9.56. The van der Waals surface area contributed by atoms with E-state index < -0.39 is 0 Å². The van der Waals surface area contributed by atoms with Gasteiger partial charge in [0.15, 0.2) is 0 Å². The number of rotatable bonds is 2. The molecule has 86 valence electrons. The molecule has 0 bridgehead atoms. The van der Waals surface area contributed by atoms with Gasteiger partial charge in [-0.3, -0.25) is 4.79 Å². The minimum atomic E-state index is -0.219. The van der Waals surface area contributed by atoms with E-state index >= 15 is 0 Å². The number of nitrogens with one attached hydrogen (secondary N) is 1. The highest BCUT2D eigenvalue weighted by Gasteiger charge is 2.21. The van der Waals surface area contributed by atoms with Crippen molar-refractivity contribution in [3.63, 3.8) is 0 Å². The summed E-state index contributed by atoms with van der Waals surface area (Å²) in [6, 6.07) is 4.72. The van der Waals surface area contributed by atoms with Crippen LogP contribution < -0.4 is 5.32 Å². The van der Waals surface area contributed by atoms with E-state index in [1.807, 2.05) is 0 Å². The third-order valence-corrected chi connectivity index (χ3v) is 3.12. The molecule has 0 radical (unpaired) electrons. The van der Waals surface area contributed by atoms with Crippen molar-refractivity contribution >= 4 is 17.5 Å². The number of carbonyl (C=O) groups is 1. The Hall–Kier alpha value is -1.09. The Kier molecular flexibility index (Phi) is 3.44. The van der Waals surface area contributed by atoms with Crippen LogP contribution >= 0.6 is 11.6 Å². The zero-order chi connectivity index (χ0) is 11.5. The van der Waals surface area contributed by atoms with Crippen LogP contribution in [0.3, 0.4) is 0 Å². The minimum absolute atomic E-state index is 0.0180. The van der Waals surface area contributed by atoms with Gasteiger partial charge in [-0.2, -0.15) is 0 Å². The number of benzene rings is 1. The molecule has 1 N–H and O–H groups in total. The first-order chi connectivity index (χ1) is 7.70. The molecule has 1 aromatic carbocycles. The molecule has 0 aromatic heterocycles. The second kappa shape index (κ2) is 4.83. The van der Waals surface area contributed by atoms with E-state index in [0.717, 1.165) is 30.4 Å². The number of alkyl halides is 1. The van der Waals surface area contributed by atoms with Gasteiger partial charge in [0.2, 0.25) is 5.91 Å². The molecule has 2 nitrogen and oxygen atoms in total. The maximum atomic E-state index is 13.0. The van der Waals surface area contributed by atoms with E-state index in [0.29, 0.717) is 0 Å². The fraction of sp³-hybridized carbons (Fsp3) is 0.417. The Morgan fingerprint density at radius 1 is 1.56 bits per heavy atom. The fourth-order valence-electron chi connectivity index (χ4n) is 2.17. The number of hydrogen-bond acceptors (Lipinski definition) is 1. The van der Waals surface area contributed by atoms with E-state index in [-0.39, 0.29) is 23.6 Å². The van der Waals surface area contributed by atoms with Crippen molar-refractivity contribution in [1.82, 2.24) is 5.32 Å². The summed E-state index contributed by atoms with van der Waals surface area (Å²) in [4.78, 5) is 11.2. The molecule has 0 spiro atoms. The zero-order valence-electron chi connectivity index (χ0n) is 8.80. The van der Waals surface area contributed by atoms with Crippen LogP contribution in [-0.2, 0) is 11.2 Å². The van der Waals surface area contributed by atoms with Crippen LogP contribution in [0.25, 0.3) is 0 Å². The quantitative estimate of drug-likeness (QED) is 0.793. The monoisotopic (exact) mass is 241 g/mol. The van der Waals surface area contributed by atoms with Gasteiger partial charge < -0.3 is 5.32 Å². The molecular weight excluding hydrogens is 229 g/mol. The third-order valence-electron chi connectivity index (χ3n) is 2.88. The van der Waals surface area contributed by atoms with Crippen molar-refractivity contribution in [3.8, 4) is 0 Å². The molecule has 1 aliphatic rings. The lowest BCUT2D eigenvalue weighted by Crippen LogP contribution is -2.31. The van der Waals surface area contributed by atoms with Gasteiger partial charge in [-0.15, -0.1) is 11.6 Å². The number of amides is 1. The van der Waals surface area contributed by atoms with Crippen LogP contribution in [0.1, 0.15) is 30.0 Å². The van der Waals surface area contributed by atoms with E-state index in [1.165, 1.54) is 6.07 Å². The van der Waals surface area contributed by atoms with E-state index in [4.69, 9.17) is 11.6 Å². The predicted molar refractivity (Wildman–Crippen MR) is 60.9 cm³/mol. The van der Waals surface area contributed by atoms with Gasteiger partial charge in [0, 0.05) is 0 Å². The van der Waals surface area contributed by atoms with Gasteiger partial charge in [-0.1, -0.05) is 6.07 Å². The topological polar surface area (TPSA) is 29.1 Å². The smallest absolute Gasteiger partial charge is 0.235 e. The molecule has 1 aliphatic carbocycles.